The van der Waals surface area contributed by atoms with Gasteiger partial charge in [-0.25, -0.2) is 13.2 Å². The molecule has 1 aromatic rings. The van der Waals surface area contributed by atoms with Crippen molar-refractivity contribution < 1.29 is 18.5 Å². The summed E-state index contributed by atoms with van der Waals surface area (Å²) in [5, 5.41) is 1.39. The third kappa shape index (κ3) is 1.76. The molecule has 0 radical (unpaired) electrons. The van der Waals surface area contributed by atoms with Gasteiger partial charge < -0.3 is 5.32 Å². The van der Waals surface area contributed by atoms with Gasteiger partial charge in [-0.15, -0.1) is 0 Å². The molecule has 66 valence electrons. The van der Waals surface area contributed by atoms with Crippen LogP contribution in [0, 0.1) is 24.5 Å². The zero-order chi connectivity index (χ0) is 9.14. The van der Waals surface area contributed by atoms with Gasteiger partial charge in [-0.3, -0.25) is 0 Å². The SMILES string of the molecule is [CH2-][NH2+]Cc1cc(F)cc(F)c1F. The van der Waals surface area contributed by atoms with Crippen LogP contribution in [0.3, 0.4) is 0 Å². The summed E-state index contributed by atoms with van der Waals surface area (Å²) in [6, 6.07) is 1.47. The van der Waals surface area contributed by atoms with Gasteiger partial charge in [0.15, 0.2) is 11.6 Å². The van der Waals surface area contributed by atoms with Crippen molar-refractivity contribution in [3.05, 3.63) is 42.2 Å². The molecule has 0 saturated heterocycles. The maximum Gasteiger partial charge on any atom is 0.167 e. The second-order valence-electron chi connectivity index (χ2n) is 2.35. The second kappa shape index (κ2) is 3.58. The lowest BCUT2D eigenvalue weighted by Gasteiger charge is -2.03. The summed E-state index contributed by atoms with van der Waals surface area (Å²) >= 11 is 0. The Morgan fingerprint density at radius 3 is 2.50 bits per heavy atom. The van der Waals surface area contributed by atoms with Gasteiger partial charge in [0.25, 0.3) is 0 Å². The largest absolute Gasteiger partial charge is 0.475 e. The molecule has 0 saturated carbocycles. The topological polar surface area (TPSA) is 16.6 Å². The first-order chi connectivity index (χ1) is 5.65. The molecule has 0 spiro atoms. The number of quaternary nitrogens is 1. The molecule has 1 aromatic carbocycles. The van der Waals surface area contributed by atoms with E-state index >= 15 is 0 Å². The van der Waals surface area contributed by atoms with E-state index in [1.807, 2.05) is 0 Å². The van der Waals surface area contributed by atoms with Crippen LogP contribution in [0.4, 0.5) is 13.2 Å². The molecule has 0 fully saturated rings. The fraction of sp³-hybridized carbons (Fsp3) is 0.125. The van der Waals surface area contributed by atoms with Gasteiger partial charge in [0, 0.05) is 11.6 Å². The maximum absolute atomic E-state index is 12.8. The van der Waals surface area contributed by atoms with Gasteiger partial charge in [-0.2, -0.15) is 7.05 Å². The van der Waals surface area contributed by atoms with Crippen molar-refractivity contribution in [2.24, 2.45) is 0 Å². The number of nitrogens with two attached hydrogens (primary N) is 1. The third-order valence-corrected chi connectivity index (χ3v) is 1.43. The first kappa shape index (κ1) is 9.06. The number of hydrogen-bond donors (Lipinski definition) is 1. The summed E-state index contributed by atoms with van der Waals surface area (Å²) < 4.78 is 37.8. The Bertz CT molecular complexity index is 286. The van der Waals surface area contributed by atoms with Crippen molar-refractivity contribution in [3.63, 3.8) is 0 Å². The summed E-state index contributed by atoms with van der Waals surface area (Å²) in [4.78, 5) is 0. The van der Waals surface area contributed by atoms with Crippen molar-refractivity contribution in [3.8, 4) is 0 Å². The maximum atomic E-state index is 12.8. The van der Waals surface area contributed by atoms with Gasteiger partial charge in [-0.05, 0) is 6.07 Å². The van der Waals surface area contributed by atoms with Crippen LogP contribution in [0.25, 0.3) is 0 Å². The Kier molecular flexibility index (Phi) is 2.70. The molecule has 0 heterocycles. The van der Waals surface area contributed by atoms with Gasteiger partial charge >= 0.3 is 0 Å². The number of benzene rings is 1. The highest BCUT2D eigenvalue weighted by Crippen LogP contribution is 2.12. The minimum atomic E-state index is -1.16. The van der Waals surface area contributed by atoms with Gasteiger partial charge in [-0.1, -0.05) is 0 Å². The van der Waals surface area contributed by atoms with E-state index in [0.717, 1.165) is 6.07 Å². The summed E-state index contributed by atoms with van der Waals surface area (Å²) in [5.74, 6) is -2.94. The lowest BCUT2D eigenvalue weighted by atomic mass is 10.2. The van der Waals surface area contributed by atoms with Crippen LogP contribution >= 0.6 is 0 Å². The number of halogens is 3. The van der Waals surface area contributed by atoms with Crippen LogP contribution in [0.15, 0.2) is 12.1 Å². The highest BCUT2D eigenvalue weighted by molar-refractivity contribution is 5.19. The normalized spacial score (nSPS) is 10.3. The highest BCUT2D eigenvalue weighted by Gasteiger charge is 2.10. The monoisotopic (exact) mass is 175 g/mol. The fourth-order valence-electron chi connectivity index (χ4n) is 0.913. The van der Waals surface area contributed by atoms with Crippen molar-refractivity contribution >= 4 is 0 Å². The smallest absolute Gasteiger partial charge is 0.167 e. The van der Waals surface area contributed by atoms with E-state index in [9.17, 15) is 13.2 Å². The summed E-state index contributed by atoms with van der Waals surface area (Å²) in [7, 11) is 3.34. The van der Waals surface area contributed by atoms with Crippen molar-refractivity contribution in [1.29, 1.82) is 0 Å². The molecule has 1 rings (SSSR count). The molecule has 0 amide bonds. The van der Waals surface area contributed by atoms with Gasteiger partial charge in [0.1, 0.15) is 5.82 Å². The Balaban J connectivity index is 3.09. The second-order valence-corrected chi connectivity index (χ2v) is 2.35. The van der Waals surface area contributed by atoms with E-state index in [-0.39, 0.29) is 12.1 Å². The molecule has 1 nitrogen and oxygen atoms in total. The predicted octanol–water partition coefficient (Wildman–Crippen LogP) is 0.959. The molecular weight excluding hydrogens is 167 g/mol. The molecule has 0 aliphatic heterocycles. The molecule has 12 heavy (non-hydrogen) atoms. The quantitative estimate of drug-likeness (QED) is 0.509. The zero-order valence-electron chi connectivity index (χ0n) is 6.28. The fourth-order valence-corrected chi connectivity index (χ4v) is 0.913. The van der Waals surface area contributed by atoms with Crippen molar-refractivity contribution in [1.82, 2.24) is 0 Å². The third-order valence-electron chi connectivity index (χ3n) is 1.43. The van der Waals surface area contributed by atoms with Crippen LogP contribution < -0.4 is 5.32 Å². The first-order valence-electron chi connectivity index (χ1n) is 3.39. The van der Waals surface area contributed by atoms with E-state index < -0.39 is 17.5 Å². The molecule has 0 unspecified atom stereocenters. The lowest BCUT2D eigenvalue weighted by molar-refractivity contribution is -0.612. The Morgan fingerprint density at radius 2 is 1.92 bits per heavy atom. The van der Waals surface area contributed by atoms with E-state index in [4.69, 9.17) is 0 Å². The molecule has 0 aromatic heterocycles. The summed E-state index contributed by atoms with van der Waals surface area (Å²) in [6.07, 6.45) is 0. The van der Waals surface area contributed by atoms with E-state index in [1.165, 1.54) is 5.32 Å². The van der Waals surface area contributed by atoms with E-state index in [1.54, 1.807) is 0 Å². The average Bonchev–Trinajstić information content (AvgIpc) is 2.00. The highest BCUT2D eigenvalue weighted by atomic mass is 19.2. The molecular formula is C8H8F3N. The summed E-state index contributed by atoms with van der Waals surface area (Å²) in [5.41, 5.74) is -0.0116. The average molecular weight is 175 g/mol. The molecule has 0 aliphatic rings. The minimum absolute atomic E-state index is 0.0116. The first-order valence-corrected chi connectivity index (χ1v) is 3.39. The Hall–Kier alpha value is -1.03. The lowest BCUT2D eigenvalue weighted by Crippen LogP contribution is -2.75. The van der Waals surface area contributed by atoms with Gasteiger partial charge in [0.2, 0.25) is 0 Å². The van der Waals surface area contributed by atoms with E-state index in [0.29, 0.717) is 6.07 Å². The standard InChI is InChI=1S/C8H8F3N/c1-12-4-5-2-6(9)3-7(10)8(5)11/h2-3H,1,4,12H2. The van der Waals surface area contributed by atoms with Crippen LogP contribution in [0.5, 0.6) is 0 Å². The Morgan fingerprint density at radius 1 is 1.25 bits per heavy atom. The van der Waals surface area contributed by atoms with Crippen LogP contribution in [-0.2, 0) is 6.54 Å². The van der Waals surface area contributed by atoms with Crippen LogP contribution in [0.1, 0.15) is 5.56 Å². The van der Waals surface area contributed by atoms with Crippen molar-refractivity contribution in [2.45, 2.75) is 6.54 Å². The Labute approximate surface area is 68.2 Å². The molecule has 0 atom stereocenters. The van der Waals surface area contributed by atoms with Crippen LogP contribution in [-0.4, -0.2) is 0 Å². The predicted molar refractivity (Wildman–Crippen MR) is 37.3 cm³/mol. The molecule has 0 bridgehead atoms. The van der Waals surface area contributed by atoms with Crippen LogP contribution in [0.2, 0.25) is 0 Å². The molecule has 0 aliphatic carbocycles. The molecule has 4 heteroatoms. The zero-order valence-corrected chi connectivity index (χ0v) is 6.28. The van der Waals surface area contributed by atoms with Gasteiger partial charge in [0.05, 0.1) is 6.54 Å². The molecule has 2 N–H and O–H groups in total. The number of hydrogen-bond acceptors (Lipinski definition) is 0. The summed E-state index contributed by atoms with van der Waals surface area (Å²) in [6.45, 7) is 0.126. The van der Waals surface area contributed by atoms with E-state index in [2.05, 4.69) is 7.05 Å². The number of rotatable bonds is 2. The minimum Gasteiger partial charge on any atom is -0.475 e. The van der Waals surface area contributed by atoms with Crippen molar-refractivity contribution in [2.75, 3.05) is 0 Å².